The number of carbonyl (C=O) groups excluding carboxylic acids is 2. The molecule has 0 spiro atoms. The molecule has 0 unspecified atom stereocenters. The lowest BCUT2D eigenvalue weighted by atomic mass is 9.81. The standard InChI is InChI=1S/C13H15NO3/c1-13(2)7-9-5-4-8(11(15)17-3)6-10(9)14-12(13)16/h4-6H,7H2,1-3H3,(H,14,16). The first-order chi connectivity index (χ1) is 7.94. The summed E-state index contributed by atoms with van der Waals surface area (Å²) in [5.74, 6) is -0.418. The Bertz CT molecular complexity index is 491. The van der Waals surface area contributed by atoms with E-state index in [0.717, 1.165) is 5.56 Å². The van der Waals surface area contributed by atoms with Gasteiger partial charge in [-0.15, -0.1) is 0 Å². The molecule has 4 heteroatoms. The predicted octanol–water partition coefficient (Wildman–Crippen LogP) is 1.99. The second-order valence-corrected chi connectivity index (χ2v) is 4.88. The third kappa shape index (κ3) is 2.02. The van der Waals surface area contributed by atoms with Gasteiger partial charge in [0, 0.05) is 11.1 Å². The molecule has 0 aromatic heterocycles. The van der Waals surface area contributed by atoms with E-state index in [1.54, 1.807) is 12.1 Å². The van der Waals surface area contributed by atoms with Crippen molar-refractivity contribution >= 4 is 17.6 Å². The molecule has 4 nitrogen and oxygen atoms in total. The molecule has 2 rings (SSSR count). The van der Waals surface area contributed by atoms with Gasteiger partial charge in [-0.3, -0.25) is 4.79 Å². The third-order valence-corrected chi connectivity index (χ3v) is 3.03. The van der Waals surface area contributed by atoms with Gasteiger partial charge < -0.3 is 10.1 Å². The average Bonchev–Trinajstić information content (AvgIpc) is 2.28. The molecule has 0 saturated heterocycles. The Balaban J connectivity index is 2.39. The zero-order chi connectivity index (χ0) is 12.6. The fraction of sp³-hybridized carbons (Fsp3) is 0.385. The van der Waals surface area contributed by atoms with Crippen molar-refractivity contribution in [2.75, 3.05) is 12.4 Å². The van der Waals surface area contributed by atoms with Crippen molar-refractivity contribution in [3.8, 4) is 0 Å². The van der Waals surface area contributed by atoms with Gasteiger partial charge in [0.05, 0.1) is 12.7 Å². The number of methoxy groups -OCH3 is 1. The fourth-order valence-electron chi connectivity index (χ4n) is 1.94. The van der Waals surface area contributed by atoms with Crippen LogP contribution in [0.4, 0.5) is 5.69 Å². The normalized spacial score (nSPS) is 17.0. The summed E-state index contributed by atoms with van der Waals surface area (Å²) in [5.41, 5.74) is 1.80. The summed E-state index contributed by atoms with van der Waals surface area (Å²) >= 11 is 0. The average molecular weight is 233 g/mol. The molecule has 1 aromatic rings. The van der Waals surface area contributed by atoms with E-state index in [9.17, 15) is 9.59 Å². The molecule has 90 valence electrons. The van der Waals surface area contributed by atoms with Crippen LogP contribution in [0.2, 0.25) is 0 Å². The number of amides is 1. The maximum Gasteiger partial charge on any atom is 0.337 e. The minimum Gasteiger partial charge on any atom is -0.465 e. The number of fused-ring (bicyclic) bond motifs is 1. The molecule has 1 amide bonds. The molecule has 17 heavy (non-hydrogen) atoms. The molecule has 0 atom stereocenters. The van der Waals surface area contributed by atoms with Crippen LogP contribution in [0.1, 0.15) is 29.8 Å². The summed E-state index contributed by atoms with van der Waals surface area (Å²) < 4.78 is 4.64. The number of anilines is 1. The third-order valence-electron chi connectivity index (χ3n) is 3.03. The van der Waals surface area contributed by atoms with Gasteiger partial charge in [0.1, 0.15) is 0 Å². The molecular weight excluding hydrogens is 218 g/mol. The SMILES string of the molecule is COC(=O)c1ccc2c(c1)NC(=O)C(C)(C)C2. The Labute approximate surface area is 100.0 Å². The molecule has 0 bridgehead atoms. The van der Waals surface area contributed by atoms with Crippen molar-refractivity contribution in [3.63, 3.8) is 0 Å². The lowest BCUT2D eigenvalue weighted by Crippen LogP contribution is -2.37. The summed E-state index contributed by atoms with van der Waals surface area (Å²) in [6, 6.07) is 5.25. The van der Waals surface area contributed by atoms with E-state index in [1.165, 1.54) is 7.11 Å². The van der Waals surface area contributed by atoms with Crippen LogP contribution in [0.15, 0.2) is 18.2 Å². The number of rotatable bonds is 1. The number of hydrogen-bond acceptors (Lipinski definition) is 3. The highest BCUT2D eigenvalue weighted by molar-refractivity contribution is 5.99. The van der Waals surface area contributed by atoms with Gasteiger partial charge >= 0.3 is 5.97 Å². The maximum atomic E-state index is 11.8. The number of hydrogen-bond donors (Lipinski definition) is 1. The fourth-order valence-corrected chi connectivity index (χ4v) is 1.94. The van der Waals surface area contributed by atoms with Crippen LogP contribution in [0, 0.1) is 5.41 Å². The van der Waals surface area contributed by atoms with E-state index < -0.39 is 11.4 Å². The van der Waals surface area contributed by atoms with Crippen LogP contribution >= 0.6 is 0 Å². The van der Waals surface area contributed by atoms with Gasteiger partial charge in [-0.2, -0.15) is 0 Å². The van der Waals surface area contributed by atoms with Crippen LogP contribution in [-0.4, -0.2) is 19.0 Å². The number of benzene rings is 1. The van der Waals surface area contributed by atoms with E-state index in [4.69, 9.17) is 0 Å². The number of nitrogens with one attached hydrogen (secondary N) is 1. The summed E-state index contributed by atoms with van der Waals surface area (Å²) in [6.45, 7) is 3.80. The number of esters is 1. The molecule has 0 aliphatic carbocycles. The summed E-state index contributed by atoms with van der Waals surface area (Å²) in [5, 5.41) is 2.82. The first kappa shape index (κ1) is 11.6. The highest BCUT2D eigenvalue weighted by atomic mass is 16.5. The minimum absolute atomic E-state index is 0.0213. The quantitative estimate of drug-likeness (QED) is 0.755. The van der Waals surface area contributed by atoms with Crippen LogP contribution < -0.4 is 5.32 Å². The van der Waals surface area contributed by atoms with Gasteiger partial charge in [0.2, 0.25) is 5.91 Å². The van der Waals surface area contributed by atoms with Crippen molar-refractivity contribution in [3.05, 3.63) is 29.3 Å². The smallest absolute Gasteiger partial charge is 0.337 e. The van der Waals surface area contributed by atoms with E-state index in [0.29, 0.717) is 17.7 Å². The van der Waals surface area contributed by atoms with Crippen LogP contribution in [0.5, 0.6) is 0 Å². The second-order valence-electron chi connectivity index (χ2n) is 4.88. The van der Waals surface area contributed by atoms with Crippen LogP contribution in [0.25, 0.3) is 0 Å². The first-order valence-corrected chi connectivity index (χ1v) is 5.47. The molecule has 1 heterocycles. The van der Waals surface area contributed by atoms with Gasteiger partial charge in [0.25, 0.3) is 0 Å². The van der Waals surface area contributed by atoms with E-state index >= 15 is 0 Å². The zero-order valence-corrected chi connectivity index (χ0v) is 10.2. The lowest BCUT2D eigenvalue weighted by molar-refractivity contribution is -0.124. The summed E-state index contributed by atoms with van der Waals surface area (Å²) in [4.78, 5) is 23.2. The van der Waals surface area contributed by atoms with E-state index in [-0.39, 0.29) is 5.91 Å². The minimum atomic E-state index is -0.403. The summed E-state index contributed by atoms with van der Waals surface area (Å²) in [7, 11) is 1.34. The largest absolute Gasteiger partial charge is 0.465 e. The van der Waals surface area contributed by atoms with Crippen LogP contribution in [-0.2, 0) is 16.0 Å². The molecule has 0 saturated carbocycles. The lowest BCUT2D eigenvalue weighted by Gasteiger charge is -2.30. The molecule has 0 radical (unpaired) electrons. The predicted molar refractivity (Wildman–Crippen MR) is 63.9 cm³/mol. The van der Waals surface area contributed by atoms with Gasteiger partial charge in [-0.25, -0.2) is 4.79 Å². The molecule has 0 fully saturated rings. The van der Waals surface area contributed by atoms with Crippen LogP contribution in [0.3, 0.4) is 0 Å². The van der Waals surface area contributed by atoms with E-state index in [1.807, 2.05) is 19.9 Å². The Hall–Kier alpha value is -1.84. The van der Waals surface area contributed by atoms with Gasteiger partial charge in [-0.05, 0) is 24.1 Å². The maximum absolute atomic E-state index is 11.8. The number of ether oxygens (including phenoxy) is 1. The monoisotopic (exact) mass is 233 g/mol. The van der Waals surface area contributed by atoms with Crippen molar-refractivity contribution < 1.29 is 14.3 Å². The van der Waals surface area contributed by atoms with Gasteiger partial charge in [0.15, 0.2) is 0 Å². The molecule has 1 aliphatic rings. The topological polar surface area (TPSA) is 55.4 Å². The van der Waals surface area contributed by atoms with Crippen molar-refractivity contribution in [1.82, 2.24) is 0 Å². The highest BCUT2D eigenvalue weighted by Gasteiger charge is 2.33. The molecule has 1 aromatic carbocycles. The van der Waals surface area contributed by atoms with Crippen molar-refractivity contribution in [1.29, 1.82) is 0 Å². The van der Waals surface area contributed by atoms with Gasteiger partial charge in [-0.1, -0.05) is 19.9 Å². The Morgan fingerprint density at radius 2 is 2.12 bits per heavy atom. The number of carbonyl (C=O) groups is 2. The van der Waals surface area contributed by atoms with Crippen molar-refractivity contribution in [2.24, 2.45) is 5.41 Å². The summed E-state index contributed by atoms with van der Waals surface area (Å²) in [6.07, 6.45) is 0.676. The molecule has 1 N–H and O–H groups in total. The molecular formula is C13H15NO3. The second kappa shape index (κ2) is 3.87. The zero-order valence-electron chi connectivity index (χ0n) is 10.2. The Kier molecular flexibility index (Phi) is 2.65. The highest BCUT2D eigenvalue weighted by Crippen LogP contribution is 2.33. The Morgan fingerprint density at radius 1 is 1.41 bits per heavy atom. The molecule has 1 aliphatic heterocycles. The van der Waals surface area contributed by atoms with E-state index in [2.05, 4.69) is 10.1 Å². The Morgan fingerprint density at radius 3 is 2.76 bits per heavy atom. The first-order valence-electron chi connectivity index (χ1n) is 5.47. The van der Waals surface area contributed by atoms with Crippen molar-refractivity contribution in [2.45, 2.75) is 20.3 Å².